The molecule has 0 radical (unpaired) electrons. The standard InChI is InChI=1S/C14H20ClN3/c1-18(9-10-4-2-3-5-10)13-8-12(15)16-14(17-13)11-6-7-11/h8,10-11H,2-7,9H2,1H3. The second-order valence-electron chi connectivity index (χ2n) is 5.71. The highest BCUT2D eigenvalue weighted by Crippen LogP contribution is 2.39. The van der Waals surface area contributed by atoms with Crippen LogP contribution in [0.1, 0.15) is 50.3 Å². The summed E-state index contributed by atoms with van der Waals surface area (Å²) in [5.41, 5.74) is 0. The van der Waals surface area contributed by atoms with Gasteiger partial charge in [-0.25, -0.2) is 9.97 Å². The molecule has 1 heterocycles. The van der Waals surface area contributed by atoms with Crippen molar-refractivity contribution >= 4 is 17.4 Å². The van der Waals surface area contributed by atoms with Crippen LogP contribution in [-0.2, 0) is 0 Å². The zero-order valence-corrected chi connectivity index (χ0v) is 11.7. The lowest BCUT2D eigenvalue weighted by Gasteiger charge is -2.22. The van der Waals surface area contributed by atoms with Crippen molar-refractivity contribution in [1.29, 1.82) is 0 Å². The van der Waals surface area contributed by atoms with Crippen LogP contribution in [-0.4, -0.2) is 23.6 Å². The summed E-state index contributed by atoms with van der Waals surface area (Å²) in [4.78, 5) is 11.3. The van der Waals surface area contributed by atoms with E-state index in [2.05, 4.69) is 21.9 Å². The molecule has 1 aromatic rings. The Kier molecular flexibility index (Phi) is 3.42. The van der Waals surface area contributed by atoms with E-state index in [9.17, 15) is 0 Å². The summed E-state index contributed by atoms with van der Waals surface area (Å²) in [5, 5.41) is 0.583. The number of hydrogen-bond donors (Lipinski definition) is 0. The first-order valence-electron chi connectivity index (χ1n) is 6.98. The van der Waals surface area contributed by atoms with Gasteiger partial charge in [-0.1, -0.05) is 24.4 Å². The SMILES string of the molecule is CN(CC1CCCC1)c1cc(Cl)nc(C2CC2)n1. The summed E-state index contributed by atoms with van der Waals surface area (Å²) in [5.74, 6) is 3.31. The van der Waals surface area contributed by atoms with Gasteiger partial charge in [0.25, 0.3) is 0 Å². The number of aromatic nitrogens is 2. The lowest BCUT2D eigenvalue weighted by molar-refractivity contribution is 0.544. The molecule has 98 valence electrons. The van der Waals surface area contributed by atoms with E-state index in [4.69, 9.17) is 11.6 Å². The third-order valence-electron chi connectivity index (χ3n) is 4.04. The lowest BCUT2D eigenvalue weighted by Crippen LogP contribution is -2.25. The van der Waals surface area contributed by atoms with Crippen LogP contribution >= 0.6 is 11.6 Å². The molecule has 0 aliphatic heterocycles. The first kappa shape index (κ1) is 12.2. The minimum atomic E-state index is 0.558. The molecule has 0 atom stereocenters. The maximum absolute atomic E-state index is 6.10. The Bertz CT molecular complexity index is 425. The second kappa shape index (κ2) is 5.04. The molecule has 0 N–H and O–H groups in total. The molecule has 0 bridgehead atoms. The van der Waals surface area contributed by atoms with Crippen LogP contribution in [0.3, 0.4) is 0 Å². The van der Waals surface area contributed by atoms with Gasteiger partial charge in [-0.2, -0.15) is 0 Å². The Morgan fingerprint density at radius 2 is 1.94 bits per heavy atom. The molecule has 3 nitrogen and oxygen atoms in total. The number of halogens is 1. The summed E-state index contributed by atoms with van der Waals surface area (Å²) in [7, 11) is 2.12. The molecule has 2 fully saturated rings. The highest BCUT2D eigenvalue weighted by Gasteiger charge is 2.28. The van der Waals surface area contributed by atoms with Crippen LogP contribution in [0.2, 0.25) is 5.15 Å². The number of hydrogen-bond acceptors (Lipinski definition) is 3. The van der Waals surface area contributed by atoms with Gasteiger partial charge < -0.3 is 4.90 Å². The zero-order chi connectivity index (χ0) is 12.5. The molecule has 4 heteroatoms. The quantitative estimate of drug-likeness (QED) is 0.779. The summed E-state index contributed by atoms with van der Waals surface area (Å²) in [6, 6.07) is 1.89. The van der Waals surface area contributed by atoms with E-state index in [0.29, 0.717) is 11.1 Å². The van der Waals surface area contributed by atoms with E-state index in [1.54, 1.807) is 0 Å². The third-order valence-corrected chi connectivity index (χ3v) is 4.23. The highest BCUT2D eigenvalue weighted by atomic mass is 35.5. The molecule has 0 saturated heterocycles. The molecule has 0 aromatic carbocycles. The fourth-order valence-corrected chi connectivity index (χ4v) is 3.00. The minimum absolute atomic E-state index is 0.558. The Labute approximate surface area is 114 Å². The Morgan fingerprint density at radius 3 is 2.61 bits per heavy atom. The first-order chi connectivity index (χ1) is 8.72. The molecule has 0 amide bonds. The first-order valence-corrected chi connectivity index (χ1v) is 7.36. The van der Waals surface area contributed by atoms with Crippen molar-refractivity contribution < 1.29 is 0 Å². The highest BCUT2D eigenvalue weighted by molar-refractivity contribution is 6.29. The fraction of sp³-hybridized carbons (Fsp3) is 0.714. The van der Waals surface area contributed by atoms with Gasteiger partial charge in [-0.05, 0) is 31.6 Å². The van der Waals surface area contributed by atoms with Crippen LogP contribution in [0.5, 0.6) is 0 Å². The minimum Gasteiger partial charge on any atom is -0.359 e. The van der Waals surface area contributed by atoms with Gasteiger partial charge in [0.15, 0.2) is 0 Å². The smallest absolute Gasteiger partial charge is 0.135 e. The Balaban J connectivity index is 1.73. The van der Waals surface area contributed by atoms with Crippen molar-refractivity contribution in [3.63, 3.8) is 0 Å². The fourth-order valence-electron chi connectivity index (χ4n) is 2.82. The van der Waals surface area contributed by atoms with Crippen LogP contribution in [0.4, 0.5) is 5.82 Å². The summed E-state index contributed by atoms with van der Waals surface area (Å²) < 4.78 is 0. The normalized spacial score (nSPS) is 20.3. The molecule has 2 aliphatic rings. The molecular formula is C14H20ClN3. The average molecular weight is 266 g/mol. The van der Waals surface area contributed by atoms with Gasteiger partial charge in [-0.3, -0.25) is 0 Å². The van der Waals surface area contributed by atoms with E-state index < -0.39 is 0 Å². The molecule has 0 unspecified atom stereocenters. The van der Waals surface area contributed by atoms with Crippen molar-refractivity contribution in [2.45, 2.75) is 44.4 Å². The molecule has 1 aromatic heterocycles. The van der Waals surface area contributed by atoms with Crippen LogP contribution in [0, 0.1) is 5.92 Å². The van der Waals surface area contributed by atoms with Crippen molar-refractivity contribution in [2.75, 3.05) is 18.5 Å². The predicted octanol–water partition coefficient (Wildman–Crippen LogP) is 3.63. The van der Waals surface area contributed by atoms with Gasteiger partial charge in [0.05, 0.1) is 0 Å². The number of nitrogens with zero attached hydrogens (tertiary/aromatic N) is 3. The van der Waals surface area contributed by atoms with Crippen molar-refractivity contribution in [1.82, 2.24) is 9.97 Å². The van der Waals surface area contributed by atoms with Crippen molar-refractivity contribution in [2.24, 2.45) is 5.92 Å². The van der Waals surface area contributed by atoms with Gasteiger partial charge >= 0.3 is 0 Å². The van der Waals surface area contributed by atoms with E-state index in [-0.39, 0.29) is 0 Å². The third kappa shape index (κ3) is 2.77. The van der Waals surface area contributed by atoms with Crippen LogP contribution < -0.4 is 4.90 Å². The van der Waals surface area contributed by atoms with Crippen molar-refractivity contribution in [3.05, 3.63) is 17.0 Å². The number of anilines is 1. The lowest BCUT2D eigenvalue weighted by atomic mass is 10.1. The summed E-state index contributed by atoms with van der Waals surface area (Å²) >= 11 is 6.10. The van der Waals surface area contributed by atoms with E-state index in [1.165, 1.54) is 38.5 Å². The monoisotopic (exact) mass is 265 g/mol. The average Bonchev–Trinajstić information content (AvgIpc) is 3.08. The summed E-state index contributed by atoms with van der Waals surface area (Å²) in [6.45, 7) is 1.09. The van der Waals surface area contributed by atoms with E-state index >= 15 is 0 Å². The Hall–Kier alpha value is -0.830. The molecule has 2 saturated carbocycles. The van der Waals surface area contributed by atoms with Gasteiger partial charge in [0, 0.05) is 25.6 Å². The van der Waals surface area contributed by atoms with Crippen LogP contribution in [0.25, 0.3) is 0 Å². The molecule has 2 aliphatic carbocycles. The maximum atomic E-state index is 6.10. The van der Waals surface area contributed by atoms with Crippen LogP contribution in [0.15, 0.2) is 6.07 Å². The topological polar surface area (TPSA) is 29.0 Å². The molecule has 3 rings (SSSR count). The molecular weight excluding hydrogens is 246 g/mol. The van der Waals surface area contributed by atoms with Gasteiger partial charge in [-0.15, -0.1) is 0 Å². The zero-order valence-electron chi connectivity index (χ0n) is 10.9. The maximum Gasteiger partial charge on any atom is 0.135 e. The Morgan fingerprint density at radius 1 is 1.22 bits per heavy atom. The predicted molar refractivity (Wildman–Crippen MR) is 74.2 cm³/mol. The number of rotatable bonds is 4. The second-order valence-corrected chi connectivity index (χ2v) is 6.10. The van der Waals surface area contributed by atoms with E-state index in [0.717, 1.165) is 24.1 Å². The van der Waals surface area contributed by atoms with Crippen molar-refractivity contribution in [3.8, 4) is 0 Å². The summed E-state index contributed by atoms with van der Waals surface area (Å²) in [6.07, 6.45) is 7.92. The molecule has 18 heavy (non-hydrogen) atoms. The van der Waals surface area contributed by atoms with E-state index in [1.807, 2.05) is 6.07 Å². The van der Waals surface area contributed by atoms with Gasteiger partial charge in [0.1, 0.15) is 16.8 Å². The molecule has 0 spiro atoms. The van der Waals surface area contributed by atoms with Gasteiger partial charge in [0.2, 0.25) is 0 Å². The largest absolute Gasteiger partial charge is 0.359 e.